The number of likely N-dealkylation sites (tertiary alicyclic amines) is 1. The van der Waals surface area contributed by atoms with E-state index in [0.29, 0.717) is 52.7 Å². The molecule has 2 N–H and O–H groups in total. The van der Waals surface area contributed by atoms with Crippen LogP contribution in [0.2, 0.25) is 10.0 Å². The largest absolute Gasteiger partial charge is 0.487 e. The summed E-state index contributed by atoms with van der Waals surface area (Å²) in [6.07, 6.45) is 3.65. The Morgan fingerprint density at radius 3 is 2.50 bits per heavy atom. The number of fused-ring (bicyclic) bond motifs is 1. The van der Waals surface area contributed by atoms with Gasteiger partial charge in [0.2, 0.25) is 17.7 Å². The monoisotopic (exact) mass is 745 g/mol. The van der Waals surface area contributed by atoms with Gasteiger partial charge in [-0.05, 0) is 88.6 Å². The van der Waals surface area contributed by atoms with Crippen LogP contribution in [0.25, 0.3) is 17.0 Å². The van der Waals surface area contributed by atoms with Crippen molar-refractivity contribution in [2.45, 2.75) is 58.8 Å². The normalized spacial score (nSPS) is 14.4. The quantitative estimate of drug-likeness (QED) is 0.160. The summed E-state index contributed by atoms with van der Waals surface area (Å²) in [5.41, 5.74) is 3.08. The van der Waals surface area contributed by atoms with Crippen LogP contribution in [-0.4, -0.2) is 65.5 Å². The molecule has 1 fully saturated rings. The van der Waals surface area contributed by atoms with Crippen LogP contribution >= 0.6 is 23.2 Å². The number of para-hydroxylation sites is 1. The van der Waals surface area contributed by atoms with Crippen molar-refractivity contribution < 1.29 is 28.7 Å². The van der Waals surface area contributed by atoms with Crippen molar-refractivity contribution in [3.8, 4) is 5.75 Å². The Hall–Kier alpha value is -5.13. The van der Waals surface area contributed by atoms with Gasteiger partial charge in [0, 0.05) is 47.0 Å². The van der Waals surface area contributed by atoms with E-state index in [1.807, 2.05) is 37.3 Å². The molecule has 0 saturated carbocycles. The number of aromatic nitrogens is 1. The van der Waals surface area contributed by atoms with E-state index in [9.17, 15) is 19.2 Å². The van der Waals surface area contributed by atoms with Gasteiger partial charge < -0.3 is 25.0 Å². The van der Waals surface area contributed by atoms with Crippen molar-refractivity contribution >= 4 is 75.4 Å². The minimum atomic E-state index is -0.656. The van der Waals surface area contributed by atoms with E-state index in [4.69, 9.17) is 32.7 Å². The van der Waals surface area contributed by atoms with Crippen molar-refractivity contribution in [1.29, 1.82) is 0 Å². The molecule has 0 aliphatic carbocycles. The maximum absolute atomic E-state index is 13.1. The molecule has 4 amide bonds. The lowest BCUT2D eigenvalue weighted by Crippen LogP contribution is -2.45. The van der Waals surface area contributed by atoms with Gasteiger partial charge in [-0.2, -0.15) is 0 Å². The number of carbonyl (C=O) groups is 4. The molecule has 1 saturated heterocycles. The highest BCUT2D eigenvalue weighted by Crippen LogP contribution is 2.35. The Morgan fingerprint density at radius 2 is 1.77 bits per heavy atom. The molecular weight excluding hydrogens is 705 g/mol. The van der Waals surface area contributed by atoms with Gasteiger partial charge in [-0.3, -0.25) is 19.3 Å². The summed E-state index contributed by atoms with van der Waals surface area (Å²) in [6.45, 7) is 7.48. The molecule has 0 bridgehead atoms. The van der Waals surface area contributed by atoms with E-state index in [2.05, 4.69) is 15.6 Å². The molecule has 13 heteroatoms. The van der Waals surface area contributed by atoms with Crippen LogP contribution < -0.4 is 20.3 Å². The Bertz CT molecular complexity index is 2010. The first-order valence-electron chi connectivity index (χ1n) is 16.8. The molecule has 5 rings (SSSR count). The van der Waals surface area contributed by atoms with Crippen LogP contribution in [0.15, 0.2) is 72.8 Å². The summed E-state index contributed by atoms with van der Waals surface area (Å²) >= 11 is 13.2. The Morgan fingerprint density at radius 1 is 1.02 bits per heavy atom. The van der Waals surface area contributed by atoms with Gasteiger partial charge in [-0.15, -0.1) is 0 Å². The van der Waals surface area contributed by atoms with Gasteiger partial charge in [0.25, 0.3) is 0 Å². The van der Waals surface area contributed by atoms with Gasteiger partial charge in [0.05, 0.1) is 17.3 Å². The van der Waals surface area contributed by atoms with Crippen LogP contribution in [-0.2, 0) is 25.7 Å². The van der Waals surface area contributed by atoms with Crippen molar-refractivity contribution in [1.82, 2.24) is 15.2 Å². The highest BCUT2D eigenvalue weighted by atomic mass is 35.5. The maximum atomic E-state index is 13.1. The number of ether oxygens (including phenoxy) is 2. The molecule has 0 radical (unpaired) electrons. The van der Waals surface area contributed by atoms with E-state index in [1.54, 1.807) is 70.3 Å². The van der Waals surface area contributed by atoms with Crippen molar-refractivity contribution in [3.05, 3.63) is 99.7 Å². The van der Waals surface area contributed by atoms with E-state index in [1.165, 1.54) is 15.9 Å². The zero-order valence-electron chi connectivity index (χ0n) is 29.7. The third kappa shape index (κ3) is 9.59. The zero-order chi connectivity index (χ0) is 37.6. The fourth-order valence-electron chi connectivity index (χ4n) is 5.59. The first-order chi connectivity index (χ1) is 24.7. The molecule has 1 atom stereocenters. The number of nitrogens with zero attached hydrogens (tertiary/aromatic N) is 3. The second-order valence-corrected chi connectivity index (χ2v) is 14.2. The lowest BCUT2D eigenvalue weighted by Gasteiger charge is -2.28. The molecule has 272 valence electrons. The van der Waals surface area contributed by atoms with Gasteiger partial charge in [0.1, 0.15) is 29.5 Å². The van der Waals surface area contributed by atoms with Crippen molar-refractivity contribution in [2.75, 3.05) is 30.4 Å². The Balaban J connectivity index is 1.13. The highest BCUT2D eigenvalue weighted by Gasteiger charge is 2.36. The average Bonchev–Trinajstić information content (AvgIpc) is 3.60. The Kier molecular flexibility index (Phi) is 12.1. The average molecular weight is 747 g/mol. The number of benzene rings is 3. The van der Waals surface area contributed by atoms with Crippen LogP contribution in [0, 0.1) is 6.92 Å². The summed E-state index contributed by atoms with van der Waals surface area (Å²) in [5.74, 6) is -0.593. The SMILES string of the molecule is Cc1ccc2cccc(OCc3c(Cl)ccc(N(C)C(=O)CNC(=O)C=Cc4ccc(NC(=O)[C@@H]5CCCN5C(=O)OC(C)(C)C)cc4)c3Cl)c2n1. The molecule has 1 aliphatic rings. The number of anilines is 2. The lowest BCUT2D eigenvalue weighted by atomic mass is 10.1. The molecular formula is C39H41Cl2N5O6. The number of rotatable bonds is 10. The molecule has 0 unspecified atom stereocenters. The van der Waals surface area contributed by atoms with Crippen molar-refractivity contribution in [3.63, 3.8) is 0 Å². The lowest BCUT2D eigenvalue weighted by molar-refractivity contribution is -0.122. The van der Waals surface area contributed by atoms with Crippen LogP contribution in [0.3, 0.4) is 0 Å². The van der Waals surface area contributed by atoms with Gasteiger partial charge in [-0.25, -0.2) is 9.78 Å². The third-order valence-corrected chi connectivity index (χ3v) is 9.07. The van der Waals surface area contributed by atoms with Gasteiger partial charge >= 0.3 is 6.09 Å². The second-order valence-electron chi connectivity index (χ2n) is 13.4. The number of hydrogen-bond acceptors (Lipinski definition) is 7. The van der Waals surface area contributed by atoms with E-state index >= 15 is 0 Å². The molecule has 4 aromatic rings. The zero-order valence-corrected chi connectivity index (χ0v) is 31.2. The minimum Gasteiger partial charge on any atom is -0.487 e. The number of likely N-dealkylation sites (N-methyl/N-ethyl adjacent to an activating group) is 1. The molecule has 3 aromatic carbocycles. The number of nitrogens with one attached hydrogen (secondary N) is 2. The fraction of sp³-hybridized carbons (Fsp3) is 0.308. The second kappa shape index (κ2) is 16.5. The topological polar surface area (TPSA) is 130 Å². The molecule has 0 spiro atoms. The molecule has 1 aliphatic heterocycles. The standard InChI is InChI=1S/C39H41Cl2N5O6/c1-24-11-15-26-8-6-10-32(36(26)43-24)51-23-28-29(40)18-19-30(35(28)41)45(5)34(48)22-42-33(47)20-14-25-12-16-27(17-13-25)44-37(49)31-9-7-21-46(31)38(50)52-39(2,3)4/h6,8,10-20,31H,7,9,21-23H2,1-5H3,(H,42,47)(H,44,49)/t31-/m0/s1. The number of aryl methyl sites for hydroxylation is 1. The van der Waals surface area contributed by atoms with E-state index < -0.39 is 29.6 Å². The van der Waals surface area contributed by atoms with Crippen LogP contribution in [0.5, 0.6) is 5.75 Å². The fourth-order valence-corrected chi connectivity index (χ4v) is 6.19. The predicted octanol–water partition coefficient (Wildman–Crippen LogP) is 7.56. The smallest absolute Gasteiger partial charge is 0.410 e. The Labute approximate surface area is 312 Å². The van der Waals surface area contributed by atoms with Crippen LogP contribution in [0.4, 0.5) is 16.2 Å². The third-order valence-electron chi connectivity index (χ3n) is 8.30. The minimum absolute atomic E-state index is 0.0460. The van der Waals surface area contributed by atoms with Crippen molar-refractivity contribution in [2.24, 2.45) is 0 Å². The van der Waals surface area contributed by atoms with E-state index in [0.717, 1.165) is 16.6 Å². The first kappa shape index (κ1) is 38.1. The number of carbonyl (C=O) groups excluding carboxylic acids is 4. The van der Waals surface area contributed by atoms with E-state index in [-0.39, 0.29) is 24.1 Å². The summed E-state index contributed by atoms with van der Waals surface area (Å²) in [5, 5.41) is 7.02. The van der Waals surface area contributed by atoms with Gasteiger partial charge in [-0.1, -0.05) is 53.5 Å². The number of amides is 4. The molecule has 2 heterocycles. The summed E-state index contributed by atoms with van der Waals surface area (Å²) in [7, 11) is 1.56. The molecule has 52 heavy (non-hydrogen) atoms. The highest BCUT2D eigenvalue weighted by molar-refractivity contribution is 6.38. The number of pyridine rings is 1. The van der Waals surface area contributed by atoms with Gasteiger partial charge in [0.15, 0.2) is 0 Å². The predicted molar refractivity (Wildman–Crippen MR) is 204 cm³/mol. The summed E-state index contributed by atoms with van der Waals surface area (Å²) < 4.78 is 11.5. The van der Waals surface area contributed by atoms with Crippen LogP contribution in [0.1, 0.15) is 50.4 Å². The molecule has 11 nitrogen and oxygen atoms in total. The maximum Gasteiger partial charge on any atom is 0.410 e. The summed E-state index contributed by atoms with van der Waals surface area (Å²) in [4.78, 5) is 58.6. The first-order valence-corrected chi connectivity index (χ1v) is 17.5. The number of hydrogen-bond donors (Lipinski definition) is 2. The summed E-state index contributed by atoms with van der Waals surface area (Å²) in [6, 6.07) is 19.1. The molecule has 1 aromatic heterocycles. The number of halogens is 2.